The van der Waals surface area contributed by atoms with Gasteiger partial charge < -0.3 is 42.0 Å². The van der Waals surface area contributed by atoms with E-state index in [0.29, 0.717) is 6.42 Å². The summed E-state index contributed by atoms with van der Waals surface area (Å²) in [5.41, 5.74) is 7.75. The van der Waals surface area contributed by atoms with E-state index >= 15 is 0 Å². The van der Waals surface area contributed by atoms with Crippen molar-refractivity contribution in [2.24, 2.45) is 11.7 Å². The van der Waals surface area contributed by atoms with Crippen molar-refractivity contribution >= 4 is 34.6 Å². The summed E-state index contributed by atoms with van der Waals surface area (Å²) in [5.74, 6) is -4.16. The van der Waals surface area contributed by atoms with Gasteiger partial charge in [-0.05, 0) is 24.0 Å². The summed E-state index contributed by atoms with van der Waals surface area (Å²) in [6.45, 7) is 1.86. The molecule has 12 heteroatoms. The second kappa shape index (κ2) is 12.8. The molecule has 0 aliphatic carbocycles. The Morgan fingerprint density at radius 3 is 2.20 bits per heavy atom. The highest BCUT2D eigenvalue weighted by Gasteiger charge is 2.32. The van der Waals surface area contributed by atoms with Gasteiger partial charge in [0.15, 0.2) is 0 Å². The summed E-state index contributed by atoms with van der Waals surface area (Å²) in [7, 11) is 0. The third-order valence-corrected chi connectivity index (χ3v) is 5.86. The fraction of sp³-hybridized carbons (Fsp3) is 0.478. The first kappa shape index (κ1) is 27.8. The van der Waals surface area contributed by atoms with Gasteiger partial charge in [0.25, 0.3) is 0 Å². The van der Waals surface area contributed by atoms with Gasteiger partial charge in [-0.3, -0.25) is 14.4 Å². The second-order valence-corrected chi connectivity index (χ2v) is 8.37. The van der Waals surface area contributed by atoms with Crippen LogP contribution < -0.4 is 21.7 Å². The molecule has 5 unspecified atom stereocenters. The van der Waals surface area contributed by atoms with E-state index in [-0.39, 0.29) is 6.42 Å². The Morgan fingerprint density at radius 2 is 1.60 bits per heavy atom. The molecule has 3 amide bonds. The van der Waals surface area contributed by atoms with Gasteiger partial charge in [0.1, 0.15) is 18.1 Å². The van der Waals surface area contributed by atoms with Gasteiger partial charge in [0, 0.05) is 17.1 Å². The van der Waals surface area contributed by atoms with E-state index < -0.39 is 67.0 Å². The van der Waals surface area contributed by atoms with E-state index in [4.69, 9.17) is 15.9 Å². The molecule has 1 aromatic carbocycles. The van der Waals surface area contributed by atoms with Crippen LogP contribution in [0.2, 0.25) is 0 Å². The van der Waals surface area contributed by atoms with Crippen LogP contribution in [-0.2, 0) is 25.6 Å². The van der Waals surface area contributed by atoms with Crippen molar-refractivity contribution in [2.75, 3.05) is 13.2 Å². The third kappa shape index (κ3) is 7.25. The number of rotatable bonds is 13. The molecular formula is C23H33N5O7. The van der Waals surface area contributed by atoms with Crippen molar-refractivity contribution in [2.45, 2.75) is 50.9 Å². The number of aromatic nitrogens is 1. The molecule has 5 atom stereocenters. The topological polar surface area (TPSA) is 207 Å². The predicted octanol–water partition coefficient (Wildman–Crippen LogP) is -1.39. The normalized spacial score (nSPS) is 15.5. The number of hydrogen-bond donors (Lipinski definition) is 8. The molecule has 0 fully saturated rings. The Bertz CT molecular complexity index is 1040. The molecule has 0 bridgehead atoms. The van der Waals surface area contributed by atoms with Crippen molar-refractivity contribution < 1.29 is 34.5 Å². The highest BCUT2D eigenvalue weighted by Crippen LogP contribution is 2.18. The molecule has 1 heterocycles. The summed E-state index contributed by atoms with van der Waals surface area (Å²) in [6, 6.07) is 2.42. The number of nitrogens with one attached hydrogen (secondary N) is 4. The lowest BCUT2D eigenvalue weighted by Crippen LogP contribution is -2.59. The van der Waals surface area contributed by atoms with Gasteiger partial charge in [-0.1, -0.05) is 38.5 Å². The zero-order valence-electron chi connectivity index (χ0n) is 19.7. The Kier molecular flexibility index (Phi) is 10.2. The van der Waals surface area contributed by atoms with Gasteiger partial charge in [-0.25, -0.2) is 4.79 Å². The molecular weight excluding hydrogens is 458 g/mol. The van der Waals surface area contributed by atoms with E-state index in [0.717, 1.165) is 16.5 Å². The van der Waals surface area contributed by atoms with Crippen molar-refractivity contribution in [3.8, 4) is 0 Å². The molecule has 0 aliphatic heterocycles. The number of carboxylic acid groups (broad SMARTS) is 1. The maximum Gasteiger partial charge on any atom is 0.328 e. The lowest BCUT2D eigenvalue weighted by Gasteiger charge is -2.27. The van der Waals surface area contributed by atoms with E-state index in [2.05, 4.69) is 20.9 Å². The lowest BCUT2D eigenvalue weighted by atomic mass is 9.97. The van der Waals surface area contributed by atoms with Crippen LogP contribution in [-0.4, -0.2) is 81.4 Å². The maximum atomic E-state index is 12.8. The highest BCUT2D eigenvalue weighted by molar-refractivity contribution is 5.94. The molecule has 0 saturated carbocycles. The fourth-order valence-electron chi connectivity index (χ4n) is 3.51. The number of carbonyl (C=O) groups is 4. The lowest BCUT2D eigenvalue weighted by molar-refractivity contribution is -0.143. The van der Waals surface area contributed by atoms with Crippen molar-refractivity contribution in [1.82, 2.24) is 20.9 Å². The van der Waals surface area contributed by atoms with Crippen LogP contribution in [0.1, 0.15) is 25.8 Å². The van der Waals surface area contributed by atoms with Gasteiger partial charge >= 0.3 is 5.97 Å². The number of hydrogen-bond acceptors (Lipinski definition) is 7. The molecule has 2 rings (SSSR count). The Morgan fingerprint density at radius 1 is 0.971 bits per heavy atom. The first-order chi connectivity index (χ1) is 16.6. The van der Waals surface area contributed by atoms with Crippen LogP contribution in [0.4, 0.5) is 0 Å². The van der Waals surface area contributed by atoms with Gasteiger partial charge in [-0.15, -0.1) is 0 Å². The van der Waals surface area contributed by atoms with E-state index in [1.807, 2.05) is 24.3 Å². The summed E-state index contributed by atoms with van der Waals surface area (Å²) in [4.78, 5) is 52.2. The van der Waals surface area contributed by atoms with E-state index in [9.17, 15) is 24.3 Å². The van der Waals surface area contributed by atoms with Crippen LogP contribution in [0.5, 0.6) is 0 Å². The van der Waals surface area contributed by atoms with Crippen molar-refractivity contribution in [3.05, 3.63) is 36.0 Å². The maximum absolute atomic E-state index is 12.8. The quantitative estimate of drug-likeness (QED) is 0.167. The minimum Gasteiger partial charge on any atom is -0.480 e. The van der Waals surface area contributed by atoms with Gasteiger partial charge in [0.05, 0.1) is 19.3 Å². The van der Waals surface area contributed by atoms with Crippen LogP contribution in [0, 0.1) is 5.92 Å². The minimum absolute atomic E-state index is 0.186. The molecule has 0 spiro atoms. The molecule has 0 saturated heterocycles. The number of aliphatic carboxylic acids is 1. The third-order valence-electron chi connectivity index (χ3n) is 5.86. The van der Waals surface area contributed by atoms with E-state index in [1.54, 1.807) is 20.0 Å². The van der Waals surface area contributed by atoms with E-state index in [1.165, 1.54) is 0 Å². The number of benzene rings is 1. The zero-order chi connectivity index (χ0) is 26.1. The Labute approximate surface area is 202 Å². The number of carboxylic acids is 1. The smallest absolute Gasteiger partial charge is 0.328 e. The van der Waals surface area contributed by atoms with Gasteiger partial charge in [0.2, 0.25) is 17.7 Å². The monoisotopic (exact) mass is 491 g/mol. The second-order valence-electron chi connectivity index (χ2n) is 8.37. The average molecular weight is 492 g/mol. The number of aliphatic hydroxyl groups is 2. The van der Waals surface area contributed by atoms with Crippen LogP contribution in [0.3, 0.4) is 0 Å². The standard InChI is InChI=1S/C23H33N5O7/c1-3-12(2)19(22(33)27-18(11-30)23(34)35)28-21(32)17(10-29)26-20(31)15(24)8-13-9-25-16-7-5-4-6-14(13)16/h4-7,9,12,15,17-19,25,29-30H,3,8,10-11,24H2,1-2H3,(H,26,31)(H,27,33)(H,28,32)(H,34,35). The number of H-pyrrole nitrogens is 1. The molecule has 0 radical (unpaired) electrons. The largest absolute Gasteiger partial charge is 0.480 e. The first-order valence-electron chi connectivity index (χ1n) is 11.3. The van der Waals surface area contributed by atoms with Crippen LogP contribution in [0.15, 0.2) is 30.5 Å². The fourth-order valence-corrected chi connectivity index (χ4v) is 3.51. The molecule has 9 N–H and O–H groups in total. The molecule has 192 valence electrons. The predicted molar refractivity (Wildman–Crippen MR) is 127 cm³/mol. The number of carbonyl (C=O) groups excluding carboxylic acids is 3. The summed E-state index contributed by atoms with van der Waals surface area (Å²) in [5, 5.41) is 35.8. The number of nitrogens with two attached hydrogens (primary N) is 1. The van der Waals surface area contributed by atoms with Crippen LogP contribution >= 0.6 is 0 Å². The number of amides is 3. The molecule has 0 aliphatic rings. The highest BCUT2D eigenvalue weighted by atomic mass is 16.4. The zero-order valence-corrected chi connectivity index (χ0v) is 19.7. The van der Waals surface area contributed by atoms with Gasteiger partial charge in [-0.2, -0.15) is 0 Å². The molecule has 1 aromatic heterocycles. The molecule has 12 nitrogen and oxygen atoms in total. The van der Waals surface area contributed by atoms with Crippen molar-refractivity contribution in [1.29, 1.82) is 0 Å². The average Bonchev–Trinajstić information content (AvgIpc) is 3.25. The Hall–Kier alpha value is -3.48. The number of para-hydroxylation sites is 1. The SMILES string of the molecule is CCC(C)C(NC(=O)C(CO)NC(=O)C(N)Cc1c[nH]c2ccccc12)C(=O)NC(CO)C(=O)O. The van der Waals surface area contributed by atoms with Crippen molar-refractivity contribution in [3.63, 3.8) is 0 Å². The summed E-state index contributed by atoms with van der Waals surface area (Å²) in [6.07, 6.45) is 2.40. The number of fused-ring (bicyclic) bond motifs is 1. The molecule has 2 aromatic rings. The minimum atomic E-state index is -1.54. The van der Waals surface area contributed by atoms with Crippen LogP contribution in [0.25, 0.3) is 10.9 Å². The summed E-state index contributed by atoms with van der Waals surface area (Å²) < 4.78 is 0. The number of aliphatic hydroxyl groups excluding tert-OH is 2. The number of aromatic amines is 1. The molecule has 35 heavy (non-hydrogen) atoms. The first-order valence-corrected chi connectivity index (χ1v) is 11.3. The Balaban J connectivity index is 2.05. The summed E-state index contributed by atoms with van der Waals surface area (Å²) >= 11 is 0.